The molecule has 8 heteroatoms. The summed E-state index contributed by atoms with van der Waals surface area (Å²) in [4.78, 5) is 4.08. The van der Waals surface area contributed by atoms with Crippen LogP contribution in [-0.2, 0) is 0 Å². The number of hydrogen-bond donors (Lipinski definition) is 2. The fourth-order valence-electron chi connectivity index (χ4n) is 2.58. The molecule has 24 heavy (non-hydrogen) atoms. The molecular formula is C16H19BrN4O2S. The number of nitrogens with one attached hydrogen (secondary N) is 1. The molecule has 3 N–H and O–H groups in total. The highest BCUT2D eigenvalue weighted by Crippen LogP contribution is 2.35. The fourth-order valence-corrected chi connectivity index (χ4v) is 3.56. The van der Waals surface area contributed by atoms with Crippen LogP contribution in [0.4, 0.5) is 10.9 Å². The van der Waals surface area contributed by atoms with Gasteiger partial charge in [-0.05, 0) is 53.7 Å². The number of hydrogen-bond acceptors (Lipinski definition) is 7. The molecule has 0 aliphatic heterocycles. The molecule has 0 unspecified atom stereocenters. The highest BCUT2D eigenvalue weighted by atomic mass is 79.9. The molecule has 1 aliphatic carbocycles. The topological polar surface area (TPSA) is 81.8 Å². The van der Waals surface area contributed by atoms with Gasteiger partial charge in [-0.15, -0.1) is 11.3 Å². The van der Waals surface area contributed by atoms with Crippen molar-refractivity contribution >= 4 is 44.4 Å². The minimum absolute atomic E-state index is 0.280. The summed E-state index contributed by atoms with van der Waals surface area (Å²) in [5.74, 6) is 1.94. The summed E-state index contributed by atoms with van der Waals surface area (Å²) in [6.07, 6.45) is 6.64. The van der Waals surface area contributed by atoms with Crippen LogP contribution in [-0.4, -0.2) is 24.4 Å². The molecule has 1 aromatic carbocycles. The highest BCUT2D eigenvalue weighted by molar-refractivity contribution is 9.10. The first kappa shape index (κ1) is 17.0. The number of nitrogen functional groups attached to an aromatic ring is 1. The zero-order chi connectivity index (χ0) is 16.9. The third kappa shape index (κ3) is 4.18. The van der Waals surface area contributed by atoms with Crippen LogP contribution >= 0.6 is 27.3 Å². The molecule has 6 nitrogen and oxygen atoms in total. The number of halogens is 1. The Morgan fingerprint density at radius 3 is 2.83 bits per heavy atom. The van der Waals surface area contributed by atoms with Gasteiger partial charge in [-0.2, -0.15) is 5.10 Å². The number of thiazole rings is 1. The Morgan fingerprint density at radius 2 is 2.17 bits per heavy atom. The maximum absolute atomic E-state index is 6.07. The van der Waals surface area contributed by atoms with E-state index in [2.05, 4.69) is 31.4 Å². The normalized spacial score (nSPS) is 15.1. The lowest BCUT2D eigenvalue weighted by molar-refractivity contribution is 0.200. The second kappa shape index (κ2) is 7.85. The third-order valence-electron chi connectivity index (χ3n) is 3.76. The molecule has 1 fully saturated rings. The Balaban J connectivity index is 1.73. The zero-order valence-corrected chi connectivity index (χ0v) is 15.7. The standard InChI is InChI=1S/C16H19BrN4O2S/c1-22-13-6-10(8-19-21-16-20-15(18)9-24-16)12(17)7-14(13)23-11-4-2-3-5-11/h6-9,11H,2-5,18H2,1H3,(H,20,21). The molecule has 2 aromatic rings. The van der Waals surface area contributed by atoms with Crippen molar-refractivity contribution in [2.45, 2.75) is 31.8 Å². The van der Waals surface area contributed by atoms with Crippen molar-refractivity contribution in [3.63, 3.8) is 0 Å². The summed E-state index contributed by atoms with van der Waals surface area (Å²) in [6, 6.07) is 3.83. The molecule has 0 spiro atoms. The average molecular weight is 411 g/mol. The third-order valence-corrected chi connectivity index (χ3v) is 5.22. The summed E-state index contributed by atoms with van der Waals surface area (Å²) in [6.45, 7) is 0. The number of nitrogens with two attached hydrogens (primary N) is 1. The van der Waals surface area contributed by atoms with Crippen LogP contribution in [0.3, 0.4) is 0 Å². The molecule has 0 radical (unpaired) electrons. The van der Waals surface area contributed by atoms with Crippen LogP contribution in [0.5, 0.6) is 11.5 Å². The van der Waals surface area contributed by atoms with Gasteiger partial charge in [0.1, 0.15) is 5.82 Å². The predicted molar refractivity (Wildman–Crippen MR) is 101 cm³/mol. The van der Waals surface area contributed by atoms with Crippen LogP contribution in [0, 0.1) is 0 Å². The van der Waals surface area contributed by atoms with E-state index in [4.69, 9.17) is 15.2 Å². The number of anilines is 2. The minimum Gasteiger partial charge on any atom is -0.493 e. The van der Waals surface area contributed by atoms with E-state index in [-0.39, 0.29) is 6.10 Å². The monoisotopic (exact) mass is 410 g/mol. The van der Waals surface area contributed by atoms with Gasteiger partial charge < -0.3 is 15.2 Å². The lowest BCUT2D eigenvalue weighted by Crippen LogP contribution is -2.11. The Bertz CT molecular complexity index is 729. The van der Waals surface area contributed by atoms with E-state index >= 15 is 0 Å². The van der Waals surface area contributed by atoms with E-state index in [1.165, 1.54) is 24.2 Å². The summed E-state index contributed by atoms with van der Waals surface area (Å²) < 4.78 is 12.4. The van der Waals surface area contributed by atoms with Crippen molar-refractivity contribution in [1.29, 1.82) is 0 Å². The minimum atomic E-state index is 0.280. The van der Waals surface area contributed by atoms with E-state index in [9.17, 15) is 0 Å². The summed E-state index contributed by atoms with van der Waals surface area (Å²) >= 11 is 4.96. The van der Waals surface area contributed by atoms with E-state index < -0.39 is 0 Å². The van der Waals surface area contributed by atoms with E-state index in [0.717, 1.165) is 28.6 Å². The molecule has 3 rings (SSSR count). The SMILES string of the molecule is COc1cc(C=NNc2nc(N)cs2)c(Br)cc1OC1CCCC1. The summed E-state index contributed by atoms with van der Waals surface area (Å²) in [7, 11) is 1.64. The van der Waals surface area contributed by atoms with Gasteiger partial charge in [-0.3, -0.25) is 5.43 Å². The number of nitrogens with zero attached hydrogens (tertiary/aromatic N) is 2. The molecule has 1 heterocycles. The van der Waals surface area contributed by atoms with Gasteiger partial charge in [0.2, 0.25) is 5.13 Å². The molecular weight excluding hydrogens is 392 g/mol. The van der Waals surface area contributed by atoms with Gasteiger partial charge in [-0.1, -0.05) is 0 Å². The maximum Gasteiger partial charge on any atom is 0.205 e. The first-order chi connectivity index (χ1) is 11.7. The van der Waals surface area contributed by atoms with Gasteiger partial charge >= 0.3 is 0 Å². The Labute approximate surface area is 153 Å². The van der Waals surface area contributed by atoms with Gasteiger partial charge in [0.25, 0.3) is 0 Å². The summed E-state index contributed by atoms with van der Waals surface area (Å²) in [5.41, 5.74) is 9.31. The lowest BCUT2D eigenvalue weighted by Gasteiger charge is -2.17. The fraction of sp³-hybridized carbons (Fsp3) is 0.375. The number of ether oxygens (including phenoxy) is 2. The van der Waals surface area contributed by atoms with E-state index in [0.29, 0.717) is 16.7 Å². The van der Waals surface area contributed by atoms with Crippen molar-refractivity contribution in [1.82, 2.24) is 4.98 Å². The first-order valence-corrected chi connectivity index (χ1v) is 9.37. The number of benzene rings is 1. The second-order valence-electron chi connectivity index (χ2n) is 5.50. The van der Waals surface area contributed by atoms with Crippen LogP contribution in [0.25, 0.3) is 0 Å². The van der Waals surface area contributed by atoms with Crippen molar-refractivity contribution in [2.24, 2.45) is 5.10 Å². The number of hydrazone groups is 1. The van der Waals surface area contributed by atoms with Crippen LogP contribution in [0.1, 0.15) is 31.2 Å². The molecule has 0 saturated heterocycles. The summed E-state index contributed by atoms with van der Waals surface area (Å²) in [5, 5.41) is 6.59. The van der Waals surface area contributed by atoms with Crippen LogP contribution < -0.4 is 20.6 Å². The van der Waals surface area contributed by atoms with E-state index in [1.807, 2.05) is 12.1 Å². The van der Waals surface area contributed by atoms with Crippen LogP contribution in [0.2, 0.25) is 0 Å². The molecule has 0 amide bonds. The zero-order valence-electron chi connectivity index (χ0n) is 13.3. The van der Waals surface area contributed by atoms with Crippen molar-refractivity contribution in [3.8, 4) is 11.5 Å². The number of aromatic nitrogens is 1. The van der Waals surface area contributed by atoms with Gasteiger partial charge in [0.15, 0.2) is 11.5 Å². The largest absolute Gasteiger partial charge is 0.493 e. The van der Waals surface area contributed by atoms with Gasteiger partial charge in [-0.25, -0.2) is 4.98 Å². The highest BCUT2D eigenvalue weighted by Gasteiger charge is 2.19. The molecule has 128 valence electrons. The van der Waals surface area contributed by atoms with E-state index in [1.54, 1.807) is 18.7 Å². The van der Waals surface area contributed by atoms with Crippen molar-refractivity contribution in [3.05, 3.63) is 27.5 Å². The Morgan fingerprint density at radius 1 is 1.38 bits per heavy atom. The van der Waals surface area contributed by atoms with Gasteiger partial charge in [0.05, 0.1) is 19.4 Å². The van der Waals surface area contributed by atoms with Crippen molar-refractivity contribution in [2.75, 3.05) is 18.3 Å². The smallest absolute Gasteiger partial charge is 0.205 e. The first-order valence-electron chi connectivity index (χ1n) is 7.70. The van der Waals surface area contributed by atoms with Crippen molar-refractivity contribution < 1.29 is 9.47 Å². The molecule has 1 saturated carbocycles. The Kier molecular flexibility index (Phi) is 5.57. The lowest BCUT2D eigenvalue weighted by atomic mass is 10.2. The quantitative estimate of drug-likeness (QED) is 0.548. The van der Waals surface area contributed by atoms with Crippen LogP contribution in [0.15, 0.2) is 27.1 Å². The molecule has 0 atom stereocenters. The maximum atomic E-state index is 6.07. The Hall–Kier alpha value is -1.80. The predicted octanol–water partition coefficient (Wildman–Crippen LogP) is 4.26. The molecule has 0 bridgehead atoms. The molecule has 1 aliphatic rings. The van der Waals surface area contributed by atoms with Gasteiger partial charge in [0, 0.05) is 15.4 Å². The number of methoxy groups -OCH3 is 1. The molecule has 1 aromatic heterocycles. The number of rotatable bonds is 6. The average Bonchev–Trinajstić information content (AvgIpc) is 3.21. The second-order valence-corrected chi connectivity index (χ2v) is 7.21.